The number of halogens is 1. The molecule has 0 saturated carbocycles. The van der Waals surface area contributed by atoms with E-state index in [-0.39, 0.29) is 11.9 Å². The maximum atomic E-state index is 13.0. The molecule has 1 aromatic rings. The van der Waals surface area contributed by atoms with Crippen molar-refractivity contribution in [1.29, 1.82) is 0 Å². The zero-order valence-corrected chi connectivity index (χ0v) is 12.5. The predicted molar refractivity (Wildman–Crippen MR) is 75.4 cm³/mol. The Kier molecular flexibility index (Phi) is 4.49. The molecule has 0 bridgehead atoms. The fourth-order valence-corrected chi connectivity index (χ4v) is 2.23. The van der Waals surface area contributed by atoms with Gasteiger partial charge in [-0.05, 0) is 38.5 Å². The van der Waals surface area contributed by atoms with Crippen LogP contribution in [-0.4, -0.2) is 46.5 Å². The molecule has 0 aromatic heterocycles. The van der Waals surface area contributed by atoms with Gasteiger partial charge in [-0.3, -0.25) is 0 Å². The summed E-state index contributed by atoms with van der Waals surface area (Å²) in [4.78, 5) is 13.7. The van der Waals surface area contributed by atoms with E-state index in [1.165, 1.54) is 17.2 Å². The van der Waals surface area contributed by atoms with Crippen molar-refractivity contribution in [3.63, 3.8) is 0 Å². The first kappa shape index (κ1) is 15.7. The lowest BCUT2D eigenvalue weighted by Crippen LogP contribution is -2.50. The molecule has 0 aliphatic carbocycles. The standard InChI is InChI=1S/C15H21FN2O3/c1-15(2,3)21-14(19)17-8-9-18(20)13(10-17)11-4-6-12(16)7-5-11/h4-7,13,20H,8-10H2,1-3H3. The number of rotatable bonds is 1. The van der Waals surface area contributed by atoms with Crippen LogP contribution in [0.4, 0.5) is 9.18 Å². The minimum atomic E-state index is -0.557. The minimum absolute atomic E-state index is 0.303. The second-order valence-corrected chi connectivity index (χ2v) is 6.16. The fourth-order valence-electron chi connectivity index (χ4n) is 2.23. The van der Waals surface area contributed by atoms with Crippen LogP contribution in [0.25, 0.3) is 0 Å². The molecule has 1 aliphatic rings. The van der Waals surface area contributed by atoms with Gasteiger partial charge in [-0.2, -0.15) is 5.06 Å². The van der Waals surface area contributed by atoms with Crippen LogP contribution in [0.5, 0.6) is 0 Å². The van der Waals surface area contributed by atoms with E-state index in [0.717, 1.165) is 5.56 Å². The molecule has 0 radical (unpaired) electrons. The van der Waals surface area contributed by atoms with Crippen LogP contribution in [0.15, 0.2) is 24.3 Å². The van der Waals surface area contributed by atoms with Crippen LogP contribution < -0.4 is 0 Å². The normalized spacial score (nSPS) is 20.4. The van der Waals surface area contributed by atoms with Crippen LogP contribution in [0.3, 0.4) is 0 Å². The average molecular weight is 296 g/mol. The second-order valence-electron chi connectivity index (χ2n) is 6.16. The summed E-state index contributed by atoms with van der Waals surface area (Å²) in [6.07, 6.45) is -0.400. The highest BCUT2D eigenvalue weighted by Gasteiger charge is 2.32. The molecule has 21 heavy (non-hydrogen) atoms. The lowest BCUT2D eigenvalue weighted by Gasteiger charge is -2.38. The Labute approximate surface area is 123 Å². The molecule has 1 heterocycles. The van der Waals surface area contributed by atoms with Crippen LogP contribution >= 0.6 is 0 Å². The average Bonchev–Trinajstić information content (AvgIpc) is 2.38. The summed E-state index contributed by atoms with van der Waals surface area (Å²) in [5, 5.41) is 11.2. The van der Waals surface area contributed by atoms with Crippen molar-refractivity contribution in [2.24, 2.45) is 0 Å². The smallest absolute Gasteiger partial charge is 0.410 e. The van der Waals surface area contributed by atoms with Crippen LogP contribution in [-0.2, 0) is 4.74 Å². The van der Waals surface area contributed by atoms with E-state index < -0.39 is 11.7 Å². The summed E-state index contributed by atoms with van der Waals surface area (Å²) in [6.45, 7) is 6.45. The molecule has 5 nitrogen and oxygen atoms in total. The van der Waals surface area contributed by atoms with E-state index in [9.17, 15) is 14.4 Å². The number of carbonyl (C=O) groups excluding carboxylic acids is 1. The Hall–Kier alpha value is -1.66. The van der Waals surface area contributed by atoms with Gasteiger partial charge in [-0.25, -0.2) is 9.18 Å². The van der Waals surface area contributed by atoms with Gasteiger partial charge in [0, 0.05) is 19.6 Å². The first-order valence-corrected chi connectivity index (χ1v) is 6.95. The summed E-state index contributed by atoms with van der Waals surface area (Å²) in [7, 11) is 0. The van der Waals surface area contributed by atoms with Gasteiger partial charge >= 0.3 is 6.09 Å². The molecular formula is C15H21FN2O3. The monoisotopic (exact) mass is 296 g/mol. The second kappa shape index (κ2) is 5.99. The summed E-state index contributed by atoms with van der Waals surface area (Å²) in [6, 6.07) is 5.53. The van der Waals surface area contributed by atoms with E-state index in [2.05, 4.69) is 0 Å². The Morgan fingerprint density at radius 3 is 2.48 bits per heavy atom. The van der Waals surface area contributed by atoms with E-state index in [0.29, 0.717) is 19.6 Å². The topological polar surface area (TPSA) is 53.0 Å². The Morgan fingerprint density at radius 1 is 1.29 bits per heavy atom. The van der Waals surface area contributed by atoms with Gasteiger partial charge in [0.25, 0.3) is 0 Å². The lowest BCUT2D eigenvalue weighted by molar-refractivity contribution is -0.155. The van der Waals surface area contributed by atoms with E-state index in [1.807, 2.05) is 20.8 Å². The van der Waals surface area contributed by atoms with Crippen LogP contribution in [0.1, 0.15) is 32.4 Å². The van der Waals surface area contributed by atoms with Gasteiger partial charge in [-0.15, -0.1) is 0 Å². The van der Waals surface area contributed by atoms with E-state index in [4.69, 9.17) is 4.74 Å². The van der Waals surface area contributed by atoms with Gasteiger partial charge in [0.15, 0.2) is 0 Å². The molecule has 1 aliphatic heterocycles. The fraction of sp³-hybridized carbons (Fsp3) is 0.533. The zero-order chi connectivity index (χ0) is 15.6. The highest BCUT2D eigenvalue weighted by Crippen LogP contribution is 2.25. The van der Waals surface area contributed by atoms with Gasteiger partial charge in [0.2, 0.25) is 0 Å². The van der Waals surface area contributed by atoms with Crippen LogP contribution in [0.2, 0.25) is 0 Å². The molecule has 116 valence electrons. The molecule has 1 fully saturated rings. The van der Waals surface area contributed by atoms with Crippen molar-refractivity contribution in [2.75, 3.05) is 19.6 Å². The number of hydrogen-bond donors (Lipinski definition) is 1. The van der Waals surface area contributed by atoms with Crippen molar-refractivity contribution in [2.45, 2.75) is 32.4 Å². The number of carbonyl (C=O) groups is 1. The number of hydrogen-bond acceptors (Lipinski definition) is 4. The third-order valence-corrected chi connectivity index (χ3v) is 3.26. The molecule has 1 unspecified atom stereocenters. The number of nitrogens with zero attached hydrogens (tertiary/aromatic N) is 2. The Morgan fingerprint density at radius 2 is 1.90 bits per heavy atom. The molecule has 6 heteroatoms. The zero-order valence-electron chi connectivity index (χ0n) is 12.5. The van der Waals surface area contributed by atoms with Gasteiger partial charge in [0.1, 0.15) is 11.4 Å². The molecule has 1 atom stereocenters. The van der Waals surface area contributed by atoms with Crippen LogP contribution in [0, 0.1) is 5.82 Å². The highest BCUT2D eigenvalue weighted by molar-refractivity contribution is 5.68. The van der Waals surface area contributed by atoms with Crippen molar-refractivity contribution >= 4 is 6.09 Å². The molecule has 1 saturated heterocycles. The van der Waals surface area contributed by atoms with Gasteiger partial charge < -0.3 is 14.8 Å². The maximum Gasteiger partial charge on any atom is 0.410 e. The summed E-state index contributed by atoms with van der Waals surface area (Å²) in [5.74, 6) is -0.331. The number of amides is 1. The number of hydroxylamine groups is 2. The quantitative estimate of drug-likeness (QED) is 0.866. The SMILES string of the molecule is CC(C)(C)OC(=O)N1CCN(O)C(c2ccc(F)cc2)C1. The molecule has 1 aromatic carbocycles. The van der Waals surface area contributed by atoms with Gasteiger partial charge in [0.05, 0.1) is 6.04 Å². The van der Waals surface area contributed by atoms with Crippen molar-refractivity contribution in [3.05, 3.63) is 35.6 Å². The third kappa shape index (κ3) is 4.15. The summed E-state index contributed by atoms with van der Waals surface area (Å²) >= 11 is 0. The highest BCUT2D eigenvalue weighted by atomic mass is 19.1. The van der Waals surface area contributed by atoms with E-state index >= 15 is 0 Å². The van der Waals surface area contributed by atoms with Crippen molar-refractivity contribution in [1.82, 2.24) is 9.96 Å². The molecule has 1 amide bonds. The summed E-state index contributed by atoms with van der Waals surface area (Å²) in [5.41, 5.74) is 0.200. The lowest BCUT2D eigenvalue weighted by atomic mass is 10.0. The number of ether oxygens (including phenoxy) is 1. The molecule has 2 rings (SSSR count). The first-order chi connectivity index (χ1) is 9.76. The Balaban J connectivity index is 2.09. The number of benzene rings is 1. The molecular weight excluding hydrogens is 275 g/mol. The minimum Gasteiger partial charge on any atom is -0.444 e. The molecule has 1 N–H and O–H groups in total. The summed E-state index contributed by atoms with van der Waals surface area (Å²) < 4.78 is 18.3. The van der Waals surface area contributed by atoms with Crippen molar-refractivity contribution < 1.29 is 19.1 Å². The van der Waals surface area contributed by atoms with Crippen molar-refractivity contribution in [3.8, 4) is 0 Å². The maximum absolute atomic E-state index is 13.0. The van der Waals surface area contributed by atoms with E-state index in [1.54, 1.807) is 17.0 Å². The third-order valence-electron chi connectivity index (χ3n) is 3.26. The predicted octanol–water partition coefficient (Wildman–Crippen LogP) is 2.81. The first-order valence-electron chi connectivity index (χ1n) is 6.95. The largest absolute Gasteiger partial charge is 0.444 e. The Bertz CT molecular complexity index is 499. The number of piperazine rings is 1. The molecule has 0 spiro atoms. The van der Waals surface area contributed by atoms with Gasteiger partial charge in [-0.1, -0.05) is 12.1 Å².